The Kier molecular flexibility index (Phi) is 3.11. The molecule has 0 atom stereocenters. The molecule has 0 saturated carbocycles. The van der Waals surface area contributed by atoms with Gasteiger partial charge in [0.1, 0.15) is 0 Å². The minimum Gasteiger partial charge on any atom is -0.293 e. The van der Waals surface area contributed by atoms with E-state index in [1.807, 2.05) is 30.5 Å². The Balaban J connectivity index is 1.94. The molecule has 3 nitrogen and oxygen atoms in total. The van der Waals surface area contributed by atoms with Crippen molar-refractivity contribution >= 4 is 0 Å². The van der Waals surface area contributed by atoms with Crippen molar-refractivity contribution in [1.82, 2.24) is 9.88 Å². The zero-order valence-corrected chi connectivity index (χ0v) is 8.56. The Labute approximate surface area is 89.7 Å². The molecular weight excluding hydrogens is 186 g/mol. The molecule has 0 fully saturated rings. The van der Waals surface area contributed by atoms with Crippen molar-refractivity contribution in [2.45, 2.75) is 13.0 Å². The first-order chi connectivity index (χ1) is 7.38. The lowest BCUT2D eigenvalue weighted by Gasteiger charge is -2.23. The van der Waals surface area contributed by atoms with E-state index in [0.717, 1.165) is 37.3 Å². The third kappa shape index (κ3) is 2.64. The number of aromatic nitrogens is 1. The fraction of sp³-hybridized carbons (Fsp3) is 0.333. The van der Waals surface area contributed by atoms with Gasteiger partial charge in [0.25, 0.3) is 0 Å². The van der Waals surface area contributed by atoms with Crippen LogP contribution in [0.3, 0.4) is 0 Å². The lowest BCUT2D eigenvalue weighted by atomic mass is 10.1. The van der Waals surface area contributed by atoms with Crippen molar-refractivity contribution in [3.05, 3.63) is 41.7 Å². The number of rotatable bonds is 2. The fourth-order valence-electron chi connectivity index (χ4n) is 1.68. The van der Waals surface area contributed by atoms with E-state index >= 15 is 0 Å². The first kappa shape index (κ1) is 9.88. The molecule has 0 amide bonds. The normalized spacial score (nSPS) is 16.9. The van der Waals surface area contributed by atoms with E-state index in [-0.39, 0.29) is 0 Å². The SMILES string of the molecule is N#CC1=CCN(Cc2ccccn2)CC1. The molecule has 76 valence electrons. The summed E-state index contributed by atoms with van der Waals surface area (Å²) in [4.78, 5) is 6.58. The summed E-state index contributed by atoms with van der Waals surface area (Å²) in [6, 6.07) is 8.17. The molecule has 15 heavy (non-hydrogen) atoms. The van der Waals surface area contributed by atoms with Gasteiger partial charge in [0, 0.05) is 31.4 Å². The summed E-state index contributed by atoms with van der Waals surface area (Å²) in [5.41, 5.74) is 2.00. The quantitative estimate of drug-likeness (QED) is 0.728. The van der Waals surface area contributed by atoms with Crippen molar-refractivity contribution in [2.75, 3.05) is 13.1 Å². The molecule has 0 aromatic carbocycles. The van der Waals surface area contributed by atoms with Crippen LogP contribution in [0.1, 0.15) is 12.1 Å². The highest BCUT2D eigenvalue weighted by atomic mass is 15.1. The third-order valence-corrected chi connectivity index (χ3v) is 2.55. The predicted molar refractivity (Wildman–Crippen MR) is 57.8 cm³/mol. The molecule has 1 aromatic rings. The van der Waals surface area contributed by atoms with Gasteiger partial charge in [-0.1, -0.05) is 12.1 Å². The Morgan fingerprint density at radius 3 is 3.00 bits per heavy atom. The van der Waals surface area contributed by atoms with Crippen LogP contribution in [0.15, 0.2) is 36.0 Å². The van der Waals surface area contributed by atoms with E-state index in [9.17, 15) is 0 Å². The van der Waals surface area contributed by atoms with E-state index in [1.165, 1.54) is 0 Å². The van der Waals surface area contributed by atoms with Crippen LogP contribution in [-0.2, 0) is 6.54 Å². The molecule has 0 spiro atoms. The molecule has 1 aliphatic rings. The molecule has 2 heterocycles. The van der Waals surface area contributed by atoms with Gasteiger partial charge in [0.05, 0.1) is 11.8 Å². The maximum atomic E-state index is 8.72. The van der Waals surface area contributed by atoms with Crippen molar-refractivity contribution in [1.29, 1.82) is 5.26 Å². The smallest absolute Gasteiger partial charge is 0.0944 e. The van der Waals surface area contributed by atoms with Crippen LogP contribution in [0.5, 0.6) is 0 Å². The van der Waals surface area contributed by atoms with Crippen LogP contribution in [-0.4, -0.2) is 23.0 Å². The first-order valence-corrected chi connectivity index (χ1v) is 5.10. The van der Waals surface area contributed by atoms with Crippen LogP contribution >= 0.6 is 0 Å². The third-order valence-electron chi connectivity index (χ3n) is 2.55. The Morgan fingerprint density at radius 1 is 1.47 bits per heavy atom. The largest absolute Gasteiger partial charge is 0.293 e. The minimum absolute atomic E-state index is 0.861. The highest BCUT2D eigenvalue weighted by Crippen LogP contribution is 2.11. The van der Waals surface area contributed by atoms with Crippen LogP contribution in [0.4, 0.5) is 0 Å². The van der Waals surface area contributed by atoms with Gasteiger partial charge in [-0.05, 0) is 18.6 Å². The maximum Gasteiger partial charge on any atom is 0.0944 e. The van der Waals surface area contributed by atoms with Gasteiger partial charge in [-0.25, -0.2) is 0 Å². The van der Waals surface area contributed by atoms with Crippen LogP contribution in [0, 0.1) is 11.3 Å². The Morgan fingerprint density at radius 2 is 2.40 bits per heavy atom. The molecule has 1 aromatic heterocycles. The van der Waals surface area contributed by atoms with Gasteiger partial charge in [-0.15, -0.1) is 0 Å². The number of nitriles is 1. The van der Waals surface area contributed by atoms with E-state index in [4.69, 9.17) is 5.26 Å². The molecule has 0 saturated heterocycles. The summed E-state index contributed by atoms with van der Waals surface area (Å²) >= 11 is 0. The number of hydrogen-bond acceptors (Lipinski definition) is 3. The molecule has 0 N–H and O–H groups in total. The van der Waals surface area contributed by atoms with E-state index in [2.05, 4.69) is 16.0 Å². The number of nitrogens with zero attached hydrogens (tertiary/aromatic N) is 3. The fourth-order valence-corrected chi connectivity index (χ4v) is 1.68. The summed E-state index contributed by atoms with van der Waals surface area (Å²) in [6.07, 6.45) is 4.69. The molecule has 0 bridgehead atoms. The van der Waals surface area contributed by atoms with Gasteiger partial charge in [0.2, 0.25) is 0 Å². The van der Waals surface area contributed by atoms with Crippen LogP contribution in [0.2, 0.25) is 0 Å². The second-order valence-electron chi connectivity index (χ2n) is 3.65. The number of hydrogen-bond donors (Lipinski definition) is 0. The summed E-state index contributed by atoms with van der Waals surface area (Å²) < 4.78 is 0. The van der Waals surface area contributed by atoms with Crippen molar-refractivity contribution in [3.8, 4) is 6.07 Å². The van der Waals surface area contributed by atoms with Crippen molar-refractivity contribution < 1.29 is 0 Å². The zero-order valence-electron chi connectivity index (χ0n) is 8.56. The molecule has 0 aliphatic carbocycles. The van der Waals surface area contributed by atoms with Crippen LogP contribution in [0.25, 0.3) is 0 Å². The standard InChI is InChI=1S/C12H13N3/c13-9-11-4-7-15(8-5-11)10-12-3-1-2-6-14-12/h1-4,6H,5,7-8,10H2. The lowest BCUT2D eigenvalue weighted by Crippen LogP contribution is -2.28. The first-order valence-electron chi connectivity index (χ1n) is 5.10. The summed E-state index contributed by atoms with van der Waals surface area (Å²) in [5, 5.41) is 8.72. The maximum absolute atomic E-state index is 8.72. The lowest BCUT2D eigenvalue weighted by molar-refractivity contribution is 0.284. The van der Waals surface area contributed by atoms with E-state index in [1.54, 1.807) is 0 Å². The van der Waals surface area contributed by atoms with Crippen molar-refractivity contribution in [3.63, 3.8) is 0 Å². The highest BCUT2D eigenvalue weighted by Gasteiger charge is 2.11. The van der Waals surface area contributed by atoms with Gasteiger partial charge in [-0.3, -0.25) is 9.88 Å². The zero-order chi connectivity index (χ0) is 10.5. The van der Waals surface area contributed by atoms with Crippen molar-refractivity contribution in [2.24, 2.45) is 0 Å². The number of pyridine rings is 1. The monoisotopic (exact) mass is 199 g/mol. The predicted octanol–water partition coefficient (Wildman–Crippen LogP) is 1.74. The van der Waals surface area contributed by atoms with Gasteiger partial charge in [-0.2, -0.15) is 5.26 Å². The van der Waals surface area contributed by atoms with Gasteiger partial charge in [0.15, 0.2) is 0 Å². The second kappa shape index (κ2) is 4.72. The molecule has 1 aliphatic heterocycles. The summed E-state index contributed by atoms with van der Waals surface area (Å²) in [6.45, 7) is 2.69. The second-order valence-corrected chi connectivity index (χ2v) is 3.65. The minimum atomic E-state index is 0.861. The Hall–Kier alpha value is -1.66. The Bertz CT molecular complexity index is 389. The van der Waals surface area contributed by atoms with Crippen LogP contribution < -0.4 is 0 Å². The molecule has 2 rings (SSSR count). The van der Waals surface area contributed by atoms with E-state index < -0.39 is 0 Å². The molecular formula is C12H13N3. The molecule has 0 radical (unpaired) electrons. The average molecular weight is 199 g/mol. The summed E-state index contributed by atoms with van der Waals surface area (Å²) in [5.74, 6) is 0. The van der Waals surface area contributed by atoms with E-state index in [0.29, 0.717) is 0 Å². The topological polar surface area (TPSA) is 39.9 Å². The molecule has 0 unspecified atom stereocenters. The van der Waals surface area contributed by atoms with Gasteiger partial charge >= 0.3 is 0 Å². The van der Waals surface area contributed by atoms with Gasteiger partial charge < -0.3 is 0 Å². The summed E-state index contributed by atoms with van der Waals surface area (Å²) in [7, 11) is 0. The molecule has 3 heteroatoms. The highest BCUT2D eigenvalue weighted by molar-refractivity contribution is 5.23. The average Bonchev–Trinajstić information content (AvgIpc) is 2.31.